The summed E-state index contributed by atoms with van der Waals surface area (Å²) in [4.78, 5) is 10.5. The fourth-order valence-corrected chi connectivity index (χ4v) is 2.03. The largest absolute Gasteiger partial charge is 0.491 e. The minimum Gasteiger partial charge on any atom is -0.491 e. The molecular formula is C13H11Cl2F3O3. The average Bonchev–Trinajstić information content (AvgIpc) is 2.32. The highest BCUT2D eigenvalue weighted by atomic mass is 35.5. The van der Waals surface area contributed by atoms with Crippen LogP contribution in [0.1, 0.15) is 18.4 Å². The SMILES string of the molecule is O=C(O)/C=C/c1cc(Cl)cc(Cl)c1OCCCC(F)(F)F. The van der Waals surface area contributed by atoms with Gasteiger partial charge < -0.3 is 9.84 Å². The van der Waals surface area contributed by atoms with E-state index in [0.29, 0.717) is 0 Å². The topological polar surface area (TPSA) is 46.5 Å². The van der Waals surface area contributed by atoms with Crippen molar-refractivity contribution in [3.8, 4) is 5.75 Å². The number of benzene rings is 1. The lowest BCUT2D eigenvalue weighted by Crippen LogP contribution is -2.10. The monoisotopic (exact) mass is 342 g/mol. The number of hydrogen-bond acceptors (Lipinski definition) is 2. The van der Waals surface area contributed by atoms with Gasteiger partial charge in [0.1, 0.15) is 5.75 Å². The molecule has 0 amide bonds. The Morgan fingerprint density at radius 2 is 2.00 bits per heavy atom. The van der Waals surface area contributed by atoms with Crippen LogP contribution in [0, 0.1) is 0 Å². The van der Waals surface area contributed by atoms with Crippen molar-refractivity contribution in [2.75, 3.05) is 6.61 Å². The molecule has 3 nitrogen and oxygen atoms in total. The quantitative estimate of drug-likeness (QED) is 0.595. The zero-order valence-corrected chi connectivity index (χ0v) is 12.1. The highest BCUT2D eigenvalue weighted by Gasteiger charge is 2.26. The van der Waals surface area contributed by atoms with Crippen molar-refractivity contribution in [2.24, 2.45) is 0 Å². The molecule has 8 heteroatoms. The van der Waals surface area contributed by atoms with E-state index in [1.165, 1.54) is 18.2 Å². The van der Waals surface area contributed by atoms with Crippen molar-refractivity contribution in [2.45, 2.75) is 19.0 Å². The van der Waals surface area contributed by atoms with Crippen molar-refractivity contribution in [1.82, 2.24) is 0 Å². The zero-order chi connectivity index (χ0) is 16.0. The number of rotatable bonds is 6. The molecule has 0 spiro atoms. The first-order valence-electron chi connectivity index (χ1n) is 5.78. The van der Waals surface area contributed by atoms with E-state index in [9.17, 15) is 18.0 Å². The first-order chi connectivity index (χ1) is 9.69. The van der Waals surface area contributed by atoms with Gasteiger partial charge in [0.2, 0.25) is 0 Å². The predicted molar refractivity (Wildman–Crippen MR) is 73.9 cm³/mol. The van der Waals surface area contributed by atoms with Crippen molar-refractivity contribution in [1.29, 1.82) is 0 Å². The van der Waals surface area contributed by atoms with Gasteiger partial charge in [-0.2, -0.15) is 13.2 Å². The molecule has 0 aliphatic carbocycles. The van der Waals surface area contributed by atoms with E-state index in [4.69, 9.17) is 33.0 Å². The molecule has 21 heavy (non-hydrogen) atoms. The van der Waals surface area contributed by atoms with Gasteiger partial charge in [0.05, 0.1) is 11.6 Å². The summed E-state index contributed by atoms with van der Waals surface area (Å²) in [5.74, 6) is -1.09. The third-order valence-corrected chi connectivity index (χ3v) is 2.79. The van der Waals surface area contributed by atoms with E-state index in [1.54, 1.807) is 0 Å². The minimum absolute atomic E-state index is 0.0968. The number of ether oxygens (including phenoxy) is 1. The van der Waals surface area contributed by atoms with E-state index < -0.39 is 18.6 Å². The van der Waals surface area contributed by atoms with Crippen LogP contribution in [0.25, 0.3) is 6.08 Å². The van der Waals surface area contributed by atoms with Crippen molar-refractivity contribution in [3.05, 3.63) is 33.8 Å². The molecule has 0 aromatic heterocycles. The molecule has 1 rings (SSSR count). The molecule has 0 saturated heterocycles. The summed E-state index contributed by atoms with van der Waals surface area (Å²) < 4.78 is 41.3. The van der Waals surface area contributed by atoms with E-state index in [1.807, 2.05) is 0 Å². The van der Waals surface area contributed by atoms with Crippen molar-refractivity contribution >= 4 is 35.2 Å². The maximum atomic E-state index is 12.0. The first-order valence-corrected chi connectivity index (χ1v) is 6.54. The van der Waals surface area contributed by atoms with Crippen LogP contribution in [0.3, 0.4) is 0 Å². The van der Waals surface area contributed by atoms with Crippen LogP contribution in [0.5, 0.6) is 5.75 Å². The van der Waals surface area contributed by atoms with Gasteiger partial charge in [-0.3, -0.25) is 0 Å². The van der Waals surface area contributed by atoms with Gasteiger partial charge in [-0.1, -0.05) is 23.2 Å². The number of aliphatic carboxylic acids is 1. The standard InChI is InChI=1S/C13H11Cl2F3O3/c14-9-6-8(2-3-11(19)20)12(10(15)7-9)21-5-1-4-13(16,17)18/h2-3,6-7H,1,4-5H2,(H,19,20)/b3-2+. The molecule has 0 heterocycles. The summed E-state index contributed by atoms with van der Waals surface area (Å²) in [6.45, 7) is -0.200. The average molecular weight is 343 g/mol. The van der Waals surface area contributed by atoms with Crippen LogP contribution < -0.4 is 4.74 Å². The van der Waals surface area contributed by atoms with Crippen LogP contribution in [0.2, 0.25) is 10.0 Å². The Morgan fingerprint density at radius 1 is 1.33 bits per heavy atom. The van der Waals surface area contributed by atoms with Crippen LogP contribution in [0.4, 0.5) is 13.2 Å². The number of halogens is 5. The molecule has 1 aromatic rings. The fourth-order valence-electron chi connectivity index (χ4n) is 1.46. The van der Waals surface area contributed by atoms with Gasteiger partial charge in [0, 0.05) is 23.1 Å². The van der Waals surface area contributed by atoms with Crippen molar-refractivity contribution < 1.29 is 27.8 Å². The molecule has 0 bridgehead atoms. The summed E-state index contributed by atoms with van der Waals surface area (Å²) in [5.41, 5.74) is 0.280. The van der Waals surface area contributed by atoms with Crippen LogP contribution in [0.15, 0.2) is 18.2 Å². The molecule has 0 saturated carbocycles. The zero-order valence-electron chi connectivity index (χ0n) is 10.6. The van der Waals surface area contributed by atoms with E-state index in [-0.39, 0.29) is 34.4 Å². The fraction of sp³-hybridized carbons (Fsp3) is 0.308. The second-order valence-corrected chi connectivity index (χ2v) is 4.89. The Hall–Kier alpha value is -1.40. The van der Waals surface area contributed by atoms with E-state index >= 15 is 0 Å². The highest BCUT2D eigenvalue weighted by molar-refractivity contribution is 6.35. The van der Waals surface area contributed by atoms with Crippen LogP contribution in [-0.4, -0.2) is 23.9 Å². The molecule has 1 aromatic carbocycles. The number of carbonyl (C=O) groups is 1. The second-order valence-electron chi connectivity index (χ2n) is 4.04. The lowest BCUT2D eigenvalue weighted by molar-refractivity contribution is -0.136. The molecule has 0 unspecified atom stereocenters. The lowest BCUT2D eigenvalue weighted by atomic mass is 10.2. The smallest absolute Gasteiger partial charge is 0.389 e. The Balaban J connectivity index is 2.82. The van der Waals surface area contributed by atoms with Gasteiger partial charge in [0.25, 0.3) is 0 Å². The maximum absolute atomic E-state index is 12.0. The summed E-state index contributed by atoms with van der Waals surface area (Å²) in [7, 11) is 0. The van der Waals surface area contributed by atoms with Gasteiger partial charge >= 0.3 is 12.1 Å². The Morgan fingerprint density at radius 3 is 2.57 bits per heavy atom. The predicted octanol–water partition coefficient (Wildman–Crippen LogP) is 4.81. The molecule has 116 valence electrons. The third kappa shape index (κ3) is 6.73. The highest BCUT2D eigenvalue weighted by Crippen LogP contribution is 2.33. The molecule has 0 aliphatic rings. The van der Waals surface area contributed by atoms with Gasteiger partial charge in [0.15, 0.2) is 0 Å². The molecule has 0 fully saturated rings. The van der Waals surface area contributed by atoms with Gasteiger partial charge in [-0.15, -0.1) is 0 Å². The molecule has 0 atom stereocenters. The van der Waals surface area contributed by atoms with Crippen LogP contribution >= 0.6 is 23.2 Å². The minimum atomic E-state index is -4.25. The molecule has 0 aliphatic heterocycles. The Kier molecular flexibility index (Phi) is 6.36. The summed E-state index contributed by atoms with van der Waals surface area (Å²) >= 11 is 11.7. The molecule has 1 N–H and O–H groups in total. The van der Waals surface area contributed by atoms with Gasteiger partial charge in [-0.05, 0) is 24.6 Å². The summed E-state index contributed by atoms with van der Waals surface area (Å²) in [6, 6.07) is 2.77. The second kappa shape index (κ2) is 7.56. The summed E-state index contributed by atoms with van der Waals surface area (Å²) in [5, 5.41) is 8.94. The maximum Gasteiger partial charge on any atom is 0.389 e. The van der Waals surface area contributed by atoms with Crippen LogP contribution in [-0.2, 0) is 4.79 Å². The van der Waals surface area contributed by atoms with E-state index in [2.05, 4.69) is 0 Å². The molecule has 0 radical (unpaired) electrons. The summed E-state index contributed by atoms with van der Waals surface area (Å²) in [6.07, 6.45) is -3.40. The Bertz CT molecular complexity index is 542. The van der Waals surface area contributed by atoms with E-state index in [0.717, 1.165) is 6.08 Å². The van der Waals surface area contributed by atoms with Gasteiger partial charge in [-0.25, -0.2) is 4.79 Å². The number of hydrogen-bond donors (Lipinski definition) is 1. The number of carboxylic acid groups (broad SMARTS) is 1. The number of carboxylic acids is 1. The normalized spacial score (nSPS) is 11.9. The molecular weight excluding hydrogens is 332 g/mol. The Labute approximate surface area is 128 Å². The van der Waals surface area contributed by atoms with Crippen molar-refractivity contribution in [3.63, 3.8) is 0 Å². The number of alkyl halides is 3. The third-order valence-electron chi connectivity index (χ3n) is 2.29. The lowest BCUT2D eigenvalue weighted by Gasteiger charge is -2.12. The first kappa shape index (κ1) is 17.7.